The maximum atomic E-state index is 13.5. The number of halogens is 2. The Hall–Kier alpha value is -2.97. The molecule has 0 spiro atoms. The molecule has 220 valence electrons. The van der Waals surface area contributed by atoms with Crippen molar-refractivity contribution >= 4 is 35.1 Å². The van der Waals surface area contributed by atoms with Gasteiger partial charge in [-0.25, -0.2) is 14.8 Å². The summed E-state index contributed by atoms with van der Waals surface area (Å²) in [6.45, 7) is 7.74. The molecule has 41 heavy (non-hydrogen) atoms. The maximum Gasteiger partial charge on any atom is 0.318 e. The Labute approximate surface area is 251 Å². The molecule has 12 heteroatoms. The summed E-state index contributed by atoms with van der Waals surface area (Å²) in [5, 5.41) is 15.8. The van der Waals surface area contributed by atoms with Crippen LogP contribution in [0.1, 0.15) is 66.3 Å². The number of piperidine rings is 1. The molecule has 2 saturated heterocycles. The van der Waals surface area contributed by atoms with Gasteiger partial charge in [-0.15, -0.1) is 0 Å². The highest BCUT2D eigenvalue weighted by atomic mass is 35.5. The second-order valence-corrected chi connectivity index (χ2v) is 11.4. The number of pyridine rings is 2. The highest BCUT2D eigenvalue weighted by Gasteiger charge is 2.31. The van der Waals surface area contributed by atoms with Gasteiger partial charge in [0.2, 0.25) is 0 Å². The number of likely N-dealkylation sites (tertiary alicyclic amines) is 1. The molecule has 1 atom stereocenters. The van der Waals surface area contributed by atoms with E-state index >= 15 is 0 Å². The Kier molecular flexibility index (Phi) is 11.2. The number of hydrogen-bond donors (Lipinski definition) is 2. The highest BCUT2D eigenvalue weighted by Crippen LogP contribution is 2.23. The fraction of sp³-hybridized carbons (Fsp3) is 0.552. The molecular weight excluding hydrogens is 565 g/mol. The molecule has 2 fully saturated rings. The largest absolute Gasteiger partial charge is 0.381 e. The summed E-state index contributed by atoms with van der Waals surface area (Å²) in [5.41, 5.74) is 2.07. The zero-order valence-electron chi connectivity index (χ0n) is 23.5. The molecular formula is C29H37Cl2N7O3. The average molecular weight is 603 g/mol. The minimum atomic E-state index is -0.261. The van der Waals surface area contributed by atoms with Gasteiger partial charge in [0.25, 0.3) is 5.91 Å². The van der Waals surface area contributed by atoms with Gasteiger partial charge in [-0.1, -0.05) is 29.3 Å². The molecule has 2 N–H and O–H groups in total. The number of nitriles is 1. The molecule has 0 saturated carbocycles. The van der Waals surface area contributed by atoms with E-state index in [1.807, 2.05) is 11.0 Å². The molecule has 4 rings (SSSR count). The van der Waals surface area contributed by atoms with Crippen molar-refractivity contribution in [3.8, 4) is 6.07 Å². The van der Waals surface area contributed by atoms with Crippen molar-refractivity contribution in [2.24, 2.45) is 0 Å². The van der Waals surface area contributed by atoms with E-state index in [9.17, 15) is 14.9 Å². The first-order valence-corrected chi connectivity index (χ1v) is 14.9. The fourth-order valence-corrected chi connectivity index (χ4v) is 6.06. The van der Waals surface area contributed by atoms with Crippen molar-refractivity contribution in [3.05, 3.63) is 57.1 Å². The topological polar surface area (TPSA) is 123 Å². The van der Waals surface area contributed by atoms with Gasteiger partial charge in [0, 0.05) is 51.0 Å². The second kappa shape index (κ2) is 14.8. The SMILES string of the molecule is Cc1cc(Cl)nc(Cl)c1C(=O)NCC[C@@H](C)N1CCC(N(Cc2cccc(C#N)n2)C(=O)NC2CCOCC2)CC1. The number of aryl methyl sites for hydroxylation is 1. The van der Waals surface area contributed by atoms with Gasteiger partial charge in [0.05, 0.1) is 17.8 Å². The Morgan fingerprint density at radius 1 is 1.20 bits per heavy atom. The van der Waals surface area contributed by atoms with Gasteiger partial charge in [-0.05, 0) is 69.7 Å². The quantitative estimate of drug-likeness (QED) is 0.410. The third-order valence-electron chi connectivity index (χ3n) is 7.84. The van der Waals surface area contributed by atoms with Crippen LogP contribution in [-0.2, 0) is 11.3 Å². The molecule has 3 amide bonds. The van der Waals surface area contributed by atoms with Crippen LogP contribution in [0.25, 0.3) is 0 Å². The number of carbonyl (C=O) groups excluding carboxylic acids is 2. The van der Waals surface area contributed by atoms with Crippen molar-refractivity contribution in [2.45, 2.75) is 70.6 Å². The fourth-order valence-electron chi connectivity index (χ4n) is 5.44. The van der Waals surface area contributed by atoms with Gasteiger partial charge >= 0.3 is 6.03 Å². The number of rotatable bonds is 9. The lowest BCUT2D eigenvalue weighted by atomic mass is 10.0. The average Bonchev–Trinajstić information content (AvgIpc) is 2.96. The van der Waals surface area contributed by atoms with E-state index in [4.69, 9.17) is 27.9 Å². The number of nitrogens with zero attached hydrogens (tertiary/aromatic N) is 5. The molecule has 0 radical (unpaired) electrons. The second-order valence-electron chi connectivity index (χ2n) is 10.7. The number of hydrogen-bond acceptors (Lipinski definition) is 7. The van der Waals surface area contributed by atoms with Crippen molar-refractivity contribution in [1.29, 1.82) is 5.26 Å². The van der Waals surface area contributed by atoms with E-state index in [2.05, 4.69) is 38.5 Å². The van der Waals surface area contributed by atoms with Gasteiger partial charge in [0.1, 0.15) is 22.1 Å². The lowest BCUT2D eigenvalue weighted by Gasteiger charge is -2.41. The summed E-state index contributed by atoms with van der Waals surface area (Å²) in [6.07, 6.45) is 4.01. The van der Waals surface area contributed by atoms with Crippen LogP contribution >= 0.6 is 23.2 Å². The first-order chi connectivity index (χ1) is 19.7. The Bertz CT molecular complexity index is 1230. The number of nitrogens with one attached hydrogen (secondary N) is 2. The summed E-state index contributed by atoms with van der Waals surface area (Å²) >= 11 is 12.1. The van der Waals surface area contributed by atoms with Crippen molar-refractivity contribution in [2.75, 3.05) is 32.8 Å². The van der Waals surface area contributed by atoms with E-state index in [-0.39, 0.29) is 40.4 Å². The number of urea groups is 1. The third-order valence-corrected chi connectivity index (χ3v) is 8.31. The third kappa shape index (κ3) is 8.52. The van der Waals surface area contributed by atoms with E-state index in [1.165, 1.54) is 0 Å². The van der Waals surface area contributed by atoms with Crippen LogP contribution in [0.5, 0.6) is 0 Å². The molecule has 10 nitrogen and oxygen atoms in total. The molecule has 2 aliphatic rings. The summed E-state index contributed by atoms with van der Waals surface area (Å²) in [6, 6.07) is 9.32. The van der Waals surface area contributed by atoms with E-state index < -0.39 is 0 Å². The Balaban J connectivity index is 1.32. The summed E-state index contributed by atoms with van der Waals surface area (Å²) in [7, 11) is 0. The molecule has 0 aromatic carbocycles. The van der Waals surface area contributed by atoms with Crippen molar-refractivity contribution in [1.82, 2.24) is 30.4 Å². The van der Waals surface area contributed by atoms with Crippen LogP contribution in [0.4, 0.5) is 4.79 Å². The number of ether oxygens (including phenoxy) is 1. The highest BCUT2D eigenvalue weighted by molar-refractivity contribution is 6.34. The van der Waals surface area contributed by atoms with Gasteiger partial charge in [0.15, 0.2) is 0 Å². The first kappa shape index (κ1) is 31.0. The predicted octanol–water partition coefficient (Wildman–Crippen LogP) is 4.33. The number of aromatic nitrogens is 2. The molecule has 0 aliphatic carbocycles. The van der Waals surface area contributed by atoms with E-state index in [0.717, 1.165) is 45.2 Å². The van der Waals surface area contributed by atoms with E-state index in [1.54, 1.807) is 25.1 Å². The zero-order chi connectivity index (χ0) is 29.4. The minimum absolute atomic E-state index is 0.0491. The molecule has 0 bridgehead atoms. The monoisotopic (exact) mass is 601 g/mol. The van der Waals surface area contributed by atoms with Gasteiger partial charge in [-0.3, -0.25) is 4.79 Å². The molecule has 4 heterocycles. The lowest BCUT2D eigenvalue weighted by molar-refractivity contribution is 0.0707. The Morgan fingerprint density at radius 2 is 1.93 bits per heavy atom. The van der Waals surface area contributed by atoms with Crippen LogP contribution in [0.15, 0.2) is 24.3 Å². The maximum absolute atomic E-state index is 13.5. The van der Waals surface area contributed by atoms with Gasteiger partial charge in [-0.2, -0.15) is 5.26 Å². The first-order valence-electron chi connectivity index (χ1n) is 14.1. The molecule has 2 aromatic heterocycles. The molecule has 0 unspecified atom stereocenters. The number of amides is 3. The van der Waals surface area contributed by atoms with Crippen LogP contribution in [0.3, 0.4) is 0 Å². The Morgan fingerprint density at radius 3 is 2.61 bits per heavy atom. The summed E-state index contributed by atoms with van der Waals surface area (Å²) in [4.78, 5) is 38.9. The van der Waals surface area contributed by atoms with Gasteiger partial charge < -0.3 is 25.2 Å². The lowest BCUT2D eigenvalue weighted by Crippen LogP contribution is -2.54. The van der Waals surface area contributed by atoms with Crippen molar-refractivity contribution in [3.63, 3.8) is 0 Å². The van der Waals surface area contributed by atoms with E-state index in [0.29, 0.717) is 48.8 Å². The van der Waals surface area contributed by atoms with Crippen LogP contribution < -0.4 is 10.6 Å². The standard InChI is InChI=1S/C29H37Cl2N7O3/c1-19-16-25(30)36-27(31)26(19)28(39)33-11-6-20(2)37-12-7-24(8-13-37)38(18-23-5-3-4-22(17-32)34-23)29(40)35-21-9-14-41-15-10-21/h3-5,16,20-21,24H,6-15,18H2,1-2H3,(H,33,39)(H,35,40)/t20-/m1/s1. The smallest absolute Gasteiger partial charge is 0.318 e. The molecule has 2 aliphatic heterocycles. The molecule has 2 aromatic rings. The van der Waals surface area contributed by atoms with Crippen LogP contribution in [0.2, 0.25) is 10.3 Å². The predicted molar refractivity (Wildman–Crippen MR) is 157 cm³/mol. The summed E-state index contributed by atoms with van der Waals surface area (Å²) in [5.74, 6) is -0.261. The summed E-state index contributed by atoms with van der Waals surface area (Å²) < 4.78 is 5.44. The zero-order valence-corrected chi connectivity index (χ0v) is 25.0. The number of carbonyl (C=O) groups is 2. The minimum Gasteiger partial charge on any atom is -0.381 e. The normalized spacial score (nSPS) is 17.4. The van der Waals surface area contributed by atoms with Crippen LogP contribution in [0, 0.1) is 18.3 Å². The van der Waals surface area contributed by atoms with Crippen molar-refractivity contribution < 1.29 is 14.3 Å². The van der Waals surface area contributed by atoms with Crippen LogP contribution in [-0.4, -0.2) is 82.7 Å².